The van der Waals surface area contributed by atoms with Crippen molar-refractivity contribution >= 4 is 23.2 Å². The second kappa shape index (κ2) is 10.3. The van der Waals surface area contributed by atoms with Crippen LogP contribution < -0.4 is 4.90 Å². The van der Waals surface area contributed by atoms with Gasteiger partial charge in [-0.1, -0.05) is 43.1 Å². The van der Waals surface area contributed by atoms with E-state index >= 15 is 0 Å². The molecule has 1 aliphatic heterocycles. The highest BCUT2D eigenvalue weighted by atomic mass is 35.5. The first-order valence-electron chi connectivity index (χ1n) is 10.6. The summed E-state index contributed by atoms with van der Waals surface area (Å²) in [6.45, 7) is 3.04. The maximum Gasteiger partial charge on any atom is 0.416 e. The number of halogens is 4. The van der Waals surface area contributed by atoms with Gasteiger partial charge < -0.3 is 9.80 Å². The molecule has 2 aromatic carbocycles. The first-order valence-corrected chi connectivity index (χ1v) is 11.0. The van der Waals surface area contributed by atoms with Gasteiger partial charge in [-0.3, -0.25) is 4.79 Å². The molecule has 170 valence electrons. The van der Waals surface area contributed by atoms with Crippen LogP contribution in [0.1, 0.15) is 49.3 Å². The van der Waals surface area contributed by atoms with Gasteiger partial charge in [0.15, 0.2) is 0 Å². The third kappa shape index (κ3) is 5.55. The highest BCUT2D eigenvalue weighted by Gasteiger charge is 2.35. The van der Waals surface area contributed by atoms with Gasteiger partial charge in [-0.25, -0.2) is 0 Å². The SMILES string of the molecule is CCCCC(=O)N1CC[C@H](N(Cc2ccccc2C(F)(F)F)c2ccc(C#N)c(Cl)c2)C1. The van der Waals surface area contributed by atoms with Crippen molar-refractivity contribution in [2.45, 2.75) is 51.4 Å². The van der Waals surface area contributed by atoms with Gasteiger partial charge >= 0.3 is 6.18 Å². The van der Waals surface area contributed by atoms with E-state index in [0.717, 1.165) is 18.9 Å². The lowest BCUT2D eigenvalue weighted by atomic mass is 10.0. The molecule has 32 heavy (non-hydrogen) atoms. The lowest BCUT2D eigenvalue weighted by Crippen LogP contribution is -2.39. The fraction of sp³-hybridized carbons (Fsp3) is 0.417. The molecule has 2 aromatic rings. The van der Waals surface area contributed by atoms with E-state index in [1.54, 1.807) is 29.2 Å². The molecule has 1 fully saturated rings. The maximum atomic E-state index is 13.6. The van der Waals surface area contributed by atoms with Gasteiger partial charge in [-0.05, 0) is 42.7 Å². The van der Waals surface area contributed by atoms with E-state index in [2.05, 4.69) is 0 Å². The van der Waals surface area contributed by atoms with Crippen LogP contribution in [0.25, 0.3) is 0 Å². The summed E-state index contributed by atoms with van der Waals surface area (Å²) in [5.74, 6) is 0.0721. The predicted molar refractivity (Wildman–Crippen MR) is 118 cm³/mol. The van der Waals surface area contributed by atoms with Crippen LogP contribution in [-0.4, -0.2) is 29.9 Å². The van der Waals surface area contributed by atoms with E-state index in [0.29, 0.717) is 37.2 Å². The van der Waals surface area contributed by atoms with Crippen molar-refractivity contribution < 1.29 is 18.0 Å². The Morgan fingerprint density at radius 1 is 1.28 bits per heavy atom. The Balaban J connectivity index is 1.93. The van der Waals surface area contributed by atoms with Gasteiger partial charge in [0, 0.05) is 37.8 Å². The van der Waals surface area contributed by atoms with E-state index in [-0.39, 0.29) is 29.1 Å². The number of nitriles is 1. The van der Waals surface area contributed by atoms with Crippen LogP contribution in [0.5, 0.6) is 0 Å². The molecule has 0 saturated carbocycles. The van der Waals surface area contributed by atoms with E-state index < -0.39 is 11.7 Å². The van der Waals surface area contributed by atoms with Crippen molar-refractivity contribution in [2.24, 2.45) is 0 Å². The largest absolute Gasteiger partial charge is 0.416 e. The standard InChI is InChI=1S/C24H25ClF3N3O/c1-2-3-8-23(32)30-12-11-20(16-30)31(19-10-9-17(14-29)22(25)13-19)15-18-6-4-5-7-21(18)24(26,27)28/h4-7,9-10,13,20H,2-3,8,11-12,15-16H2,1H3/t20-/m0/s1. The predicted octanol–water partition coefficient (Wildman–Crippen LogP) is 6.03. The van der Waals surface area contributed by atoms with Gasteiger partial charge in [0.1, 0.15) is 6.07 Å². The summed E-state index contributed by atoms with van der Waals surface area (Å²) in [6.07, 6.45) is -1.62. The number of hydrogen-bond acceptors (Lipinski definition) is 3. The zero-order valence-corrected chi connectivity index (χ0v) is 18.6. The van der Waals surface area contributed by atoms with Gasteiger partial charge in [0.05, 0.1) is 16.1 Å². The van der Waals surface area contributed by atoms with E-state index in [1.807, 2.05) is 17.9 Å². The normalized spacial score (nSPS) is 16.1. The van der Waals surface area contributed by atoms with Crippen molar-refractivity contribution in [1.82, 2.24) is 4.90 Å². The molecule has 1 aliphatic rings. The Morgan fingerprint density at radius 2 is 2.03 bits per heavy atom. The number of carbonyl (C=O) groups excluding carboxylic acids is 1. The van der Waals surface area contributed by atoms with E-state index in [4.69, 9.17) is 11.6 Å². The monoisotopic (exact) mass is 463 g/mol. The summed E-state index contributed by atoms with van der Waals surface area (Å²) in [4.78, 5) is 16.1. The van der Waals surface area contributed by atoms with E-state index in [9.17, 15) is 23.2 Å². The number of benzene rings is 2. The minimum absolute atomic E-state index is 0.0135. The van der Waals surface area contributed by atoms with Crippen LogP contribution >= 0.6 is 11.6 Å². The number of amides is 1. The molecule has 0 aromatic heterocycles. The summed E-state index contributed by atoms with van der Waals surface area (Å²) in [5, 5.41) is 9.41. The summed E-state index contributed by atoms with van der Waals surface area (Å²) >= 11 is 6.23. The third-order valence-corrected chi connectivity index (χ3v) is 6.08. The first-order chi connectivity index (χ1) is 15.2. The minimum atomic E-state index is -4.47. The highest BCUT2D eigenvalue weighted by molar-refractivity contribution is 6.32. The van der Waals surface area contributed by atoms with Crippen molar-refractivity contribution in [3.05, 3.63) is 64.2 Å². The number of carbonyl (C=O) groups is 1. The van der Waals surface area contributed by atoms with Crippen LogP contribution in [0, 0.1) is 11.3 Å². The average Bonchev–Trinajstić information content (AvgIpc) is 3.25. The van der Waals surface area contributed by atoms with Crippen LogP contribution in [0.15, 0.2) is 42.5 Å². The van der Waals surface area contributed by atoms with Crippen LogP contribution in [0.2, 0.25) is 5.02 Å². The highest BCUT2D eigenvalue weighted by Crippen LogP contribution is 2.35. The van der Waals surface area contributed by atoms with Gasteiger partial charge in [0.25, 0.3) is 0 Å². The fourth-order valence-electron chi connectivity index (χ4n) is 4.03. The molecule has 0 N–H and O–H groups in total. The molecule has 0 bridgehead atoms. The Kier molecular flexibility index (Phi) is 7.68. The smallest absolute Gasteiger partial charge is 0.362 e. The second-order valence-corrected chi connectivity index (χ2v) is 8.35. The summed E-state index contributed by atoms with van der Waals surface area (Å²) in [7, 11) is 0. The minimum Gasteiger partial charge on any atom is -0.362 e. The molecule has 0 unspecified atom stereocenters. The molecule has 3 rings (SSSR count). The van der Waals surface area contributed by atoms with Gasteiger partial charge in [0.2, 0.25) is 5.91 Å². The fourth-order valence-corrected chi connectivity index (χ4v) is 4.25. The van der Waals surface area contributed by atoms with Crippen molar-refractivity contribution in [3.63, 3.8) is 0 Å². The van der Waals surface area contributed by atoms with Crippen LogP contribution in [-0.2, 0) is 17.5 Å². The molecule has 0 spiro atoms. The summed E-state index contributed by atoms with van der Waals surface area (Å²) in [6, 6.07) is 12.2. The number of likely N-dealkylation sites (tertiary alicyclic amines) is 1. The van der Waals surface area contributed by atoms with Gasteiger partial charge in [-0.15, -0.1) is 0 Å². The molecule has 1 heterocycles. The molecule has 1 saturated heterocycles. The molecule has 8 heteroatoms. The lowest BCUT2D eigenvalue weighted by molar-refractivity contribution is -0.138. The third-order valence-electron chi connectivity index (χ3n) is 5.77. The van der Waals surface area contributed by atoms with Gasteiger partial charge in [-0.2, -0.15) is 18.4 Å². The Morgan fingerprint density at radius 3 is 2.69 bits per heavy atom. The number of nitrogens with zero attached hydrogens (tertiary/aromatic N) is 3. The summed E-state index contributed by atoms with van der Waals surface area (Å²) < 4.78 is 40.8. The van der Waals surface area contributed by atoms with Crippen molar-refractivity contribution in [2.75, 3.05) is 18.0 Å². The Labute approximate surface area is 191 Å². The maximum absolute atomic E-state index is 13.6. The van der Waals surface area contributed by atoms with Crippen molar-refractivity contribution in [3.8, 4) is 6.07 Å². The number of unbranched alkanes of at least 4 members (excludes halogenated alkanes) is 1. The quantitative estimate of drug-likeness (QED) is 0.503. The molecule has 1 atom stereocenters. The number of rotatable bonds is 7. The number of anilines is 1. The average molecular weight is 464 g/mol. The van der Waals surface area contributed by atoms with Crippen LogP contribution in [0.3, 0.4) is 0 Å². The Hall–Kier alpha value is -2.72. The van der Waals surface area contributed by atoms with Crippen LogP contribution in [0.4, 0.5) is 18.9 Å². The topological polar surface area (TPSA) is 47.3 Å². The molecular weight excluding hydrogens is 439 g/mol. The zero-order valence-electron chi connectivity index (χ0n) is 17.8. The molecule has 0 radical (unpaired) electrons. The van der Waals surface area contributed by atoms with Crippen molar-refractivity contribution in [1.29, 1.82) is 5.26 Å². The summed E-state index contributed by atoms with van der Waals surface area (Å²) in [5.41, 5.74) is 0.391. The molecule has 4 nitrogen and oxygen atoms in total. The molecular formula is C24H25ClF3N3O. The number of alkyl halides is 3. The lowest BCUT2D eigenvalue weighted by Gasteiger charge is -2.32. The number of hydrogen-bond donors (Lipinski definition) is 0. The Bertz CT molecular complexity index is 1000. The van der Waals surface area contributed by atoms with E-state index in [1.165, 1.54) is 12.1 Å². The molecule has 0 aliphatic carbocycles. The zero-order chi connectivity index (χ0) is 23.3. The first kappa shape index (κ1) is 23.9. The molecule has 1 amide bonds. The second-order valence-electron chi connectivity index (χ2n) is 7.94.